The zero-order chi connectivity index (χ0) is 24.2. The summed E-state index contributed by atoms with van der Waals surface area (Å²) in [6.45, 7) is 4.05. The number of hydrogen-bond donors (Lipinski definition) is 3. The van der Waals surface area contributed by atoms with Gasteiger partial charge in [0.1, 0.15) is 11.3 Å². The van der Waals surface area contributed by atoms with Crippen LogP contribution in [-0.2, 0) is 16.4 Å². The Balaban J connectivity index is 1.74. The summed E-state index contributed by atoms with van der Waals surface area (Å²) in [6.07, 6.45) is 4.82. The molecule has 2 heterocycles. The van der Waals surface area contributed by atoms with Gasteiger partial charge in [0.05, 0.1) is 29.3 Å². The van der Waals surface area contributed by atoms with Crippen molar-refractivity contribution in [3.63, 3.8) is 0 Å². The number of aromatic nitrogens is 2. The Labute approximate surface area is 192 Å². The molecule has 0 saturated carbocycles. The number of rotatable bonds is 9. The number of benzene rings is 1. The fourth-order valence-corrected chi connectivity index (χ4v) is 4.13. The Hall–Kier alpha value is -3.24. The lowest BCUT2D eigenvalue weighted by Crippen LogP contribution is -2.38. The molecule has 0 aliphatic heterocycles. The van der Waals surface area contributed by atoms with Gasteiger partial charge in [0.25, 0.3) is 11.8 Å². The van der Waals surface area contributed by atoms with Crippen LogP contribution in [0.3, 0.4) is 0 Å². The van der Waals surface area contributed by atoms with Crippen molar-refractivity contribution in [3.05, 3.63) is 65.6 Å². The van der Waals surface area contributed by atoms with Crippen molar-refractivity contribution in [3.8, 4) is 0 Å². The molecule has 1 atom stereocenters. The standard InChI is InChI=1S/C23H28N4O5S/c1-15(2)11-17(14-28)26-23(30)20-13-24-21-19(5-4-10-27(20)21)22(29)25-12-16-6-8-18(9-7-16)33(3,31)32/h4-10,13,15,17,28H,11-12,14H2,1-3H3,(H,25,29)(H,26,30)/t17-/m0/s1. The Morgan fingerprint density at radius 3 is 2.42 bits per heavy atom. The molecule has 2 amide bonds. The minimum atomic E-state index is -3.28. The van der Waals surface area contributed by atoms with E-state index < -0.39 is 9.84 Å². The Morgan fingerprint density at radius 2 is 1.82 bits per heavy atom. The fraction of sp³-hybridized carbons (Fsp3) is 0.348. The van der Waals surface area contributed by atoms with Crippen molar-refractivity contribution in [1.82, 2.24) is 20.0 Å². The Bertz CT molecular complexity index is 1250. The first-order chi connectivity index (χ1) is 15.6. The van der Waals surface area contributed by atoms with E-state index in [2.05, 4.69) is 15.6 Å². The number of nitrogens with one attached hydrogen (secondary N) is 2. The smallest absolute Gasteiger partial charge is 0.270 e. The van der Waals surface area contributed by atoms with Crippen LogP contribution in [0.5, 0.6) is 0 Å². The molecule has 3 N–H and O–H groups in total. The van der Waals surface area contributed by atoms with Crippen LogP contribution in [0.25, 0.3) is 5.65 Å². The minimum Gasteiger partial charge on any atom is -0.394 e. The third kappa shape index (κ3) is 5.96. The van der Waals surface area contributed by atoms with E-state index in [9.17, 15) is 23.1 Å². The van der Waals surface area contributed by atoms with Gasteiger partial charge >= 0.3 is 0 Å². The zero-order valence-electron chi connectivity index (χ0n) is 18.8. The lowest BCUT2D eigenvalue weighted by molar-refractivity contribution is 0.0900. The topological polar surface area (TPSA) is 130 Å². The molecule has 0 fully saturated rings. The summed E-state index contributed by atoms with van der Waals surface area (Å²) < 4.78 is 24.7. The predicted molar refractivity (Wildman–Crippen MR) is 124 cm³/mol. The van der Waals surface area contributed by atoms with Gasteiger partial charge in [-0.1, -0.05) is 26.0 Å². The molecular weight excluding hydrogens is 444 g/mol. The van der Waals surface area contributed by atoms with Crippen LogP contribution in [-0.4, -0.2) is 53.6 Å². The highest BCUT2D eigenvalue weighted by Gasteiger charge is 2.20. The van der Waals surface area contributed by atoms with E-state index in [1.165, 1.54) is 22.7 Å². The van der Waals surface area contributed by atoms with Crippen molar-refractivity contribution in [2.24, 2.45) is 5.92 Å². The van der Waals surface area contributed by atoms with E-state index in [0.717, 1.165) is 11.8 Å². The summed E-state index contributed by atoms with van der Waals surface area (Å²) in [5, 5.41) is 15.1. The molecule has 0 radical (unpaired) electrons. The van der Waals surface area contributed by atoms with Crippen molar-refractivity contribution < 1.29 is 23.1 Å². The molecule has 0 bridgehead atoms. The quantitative estimate of drug-likeness (QED) is 0.435. The molecule has 176 valence electrons. The maximum atomic E-state index is 12.8. The molecule has 1 aromatic carbocycles. The van der Waals surface area contributed by atoms with Gasteiger partial charge < -0.3 is 15.7 Å². The number of amides is 2. The number of nitrogens with zero attached hydrogens (tertiary/aromatic N) is 2. The highest BCUT2D eigenvalue weighted by molar-refractivity contribution is 7.90. The molecule has 3 aromatic rings. The second-order valence-corrected chi connectivity index (χ2v) is 10.4. The first-order valence-electron chi connectivity index (χ1n) is 10.5. The molecule has 9 nitrogen and oxygen atoms in total. The number of imidazole rings is 1. The normalized spacial score (nSPS) is 12.6. The van der Waals surface area contributed by atoms with Gasteiger partial charge in [0.15, 0.2) is 9.84 Å². The molecular formula is C23H28N4O5S. The Morgan fingerprint density at radius 1 is 1.12 bits per heavy atom. The highest BCUT2D eigenvalue weighted by Crippen LogP contribution is 2.14. The largest absolute Gasteiger partial charge is 0.394 e. The van der Waals surface area contributed by atoms with Crippen molar-refractivity contribution in [2.75, 3.05) is 12.9 Å². The lowest BCUT2D eigenvalue weighted by atomic mass is 10.0. The summed E-state index contributed by atoms with van der Waals surface area (Å²) in [5.74, 6) is -0.452. The van der Waals surface area contributed by atoms with Gasteiger partial charge in [-0.15, -0.1) is 0 Å². The number of aliphatic hydroxyl groups excluding tert-OH is 1. The predicted octanol–water partition coefficient (Wildman–Crippen LogP) is 1.80. The van der Waals surface area contributed by atoms with Gasteiger partial charge in [-0.05, 0) is 42.2 Å². The number of carbonyl (C=O) groups is 2. The second-order valence-electron chi connectivity index (χ2n) is 8.34. The molecule has 10 heteroatoms. The van der Waals surface area contributed by atoms with Crippen LogP contribution < -0.4 is 10.6 Å². The second kappa shape index (κ2) is 10.1. The van der Waals surface area contributed by atoms with Crippen LogP contribution >= 0.6 is 0 Å². The average molecular weight is 473 g/mol. The van der Waals surface area contributed by atoms with E-state index in [-0.39, 0.29) is 41.6 Å². The molecule has 0 aliphatic carbocycles. The summed E-state index contributed by atoms with van der Waals surface area (Å²) >= 11 is 0. The van der Waals surface area contributed by atoms with Crippen LogP contribution in [0, 0.1) is 5.92 Å². The van der Waals surface area contributed by atoms with Crippen LogP contribution in [0.4, 0.5) is 0 Å². The van der Waals surface area contributed by atoms with E-state index in [1.54, 1.807) is 30.5 Å². The molecule has 33 heavy (non-hydrogen) atoms. The maximum absolute atomic E-state index is 12.8. The fourth-order valence-electron chi connectivity index (χ4n) is 3.50. The molecule has 0 unspecified atom stereocenters. The van der Waals surface area contributed by atoms with Crippen LogP contribution in [0.1, 0.15) is 46.7 Å². The number of fused-ring (bicyclic) bond motifs is 1. The summed E-state index contributed by atoms with van der Waals surface area (Å²) in [5.41, 5.74) is 1.63. The minimum absolute atomic E-state index is 0.167. The molecule has 0 spiro atoms. The molecule has 0 aliphatic rings. The number of hydrogen-bond acceptors (Lipinski definition) is 6. The monoisotopic (exact) mass is 472 g/mol. The van der Waals surface area contributed by atoms with Crippen molar-refractivity contribution in [1.29, 1.82) is 0 Å². The maximum Gasteiger partial charge on any atom is 0.270 e. The first kappa shape index (κ1) is 24.4. The van der Waals surface area contributed by atoms with E-state index in [1.807, 2.05) is 13.8 Å². The summed E-state index contributed by atoms with van der Waals surface area (Å²) in [7, 11) is -3.28. The van der Waals surface area contributed by atoms with Gasteiger partial charge in [0, 0.05) is 19.0 Å². The summed E-state index contributed by atoms with van der Waals surface area (Å²) in [6, 6.07) is 9.17. The molecule has 0 saturated heterocycles. The van der Waals surface area contributed by atoms with Gasteiger partial charge in [0.2, 0.25) is 0 Å². The van der Waals surface area contributed by atoms with Crippen molar-refractivity contribution >= 4 is 27.3 Å². The number of pyridine rings is 1. The lowest BCUT2D eigenvalue weighted by Gasteiger charge is -2.18. The van der Waals surface area contributed by atoms with Gasteiger partial charge in [-0.3, -0.25) is 14.0 Å². The molecule has 3 rings (SSSR count). The van der Waals surface area contributed by atoms with E-state index >= 15 is 0 Å². The third-order valence-corrected chi connectivity index (χ3v) is 6.26. The zero-order valence-corrected chi connectivity index (χ0v) is 19.6. The molecule has 2 aromatic heterocycles. The van der Waals surface area contributed by atoms with Crippen molar-refractivity contribution in [2.45, 2.75) is 37.8 Å². The van der Waals surface area contributed by atoms with E-state index in [0.29, 0.717) is 23.5 Å². The average Bonchev–Trinajstić information content (AvgIpc) is 3.20. The van der Waals surface area contributed by atoms with Crippen LogP contribution in [0.2, 0.25) is 0 Å². The highest BCUT2D eigenvalue weighted by atomic mass is 32.2. The number of carbonyl (C=O) groups excluding carboxylic acids is 2. The van der Waals surface area contributed by atoms with E-state index in [4.69, 9.17) is 0 Å². The first-order valence-corrected chi connectivity index (χ1v) is 12.4. The SMILES string of the molecule is CC(C)C[C@@H](CO)NC(=O)c1cnc2c(C(=O)NCc3ccc(S(C)(=O)=O)cc3)cccn12. The van der Waals surface area contributed by atoms with Gasteiger partial charge in [-0.25, -0.2) is 13.4 Å². The summed E-state index contributed by atoms with van der Waals surface area (Å²) in [4.78, 5) is 30.0. The third-order valence-electron chi connectivity index (χ3n) is 5.13. The number of aliphatic hydroxyl groups is 1. The number of sulfone groups is 1. The van der Waals surface area contributed by atoms with Crippen LogP contribution in [0.15, 0.2) is 53.7 Å². The van der Waals surface area contributed by atoms with Gasteiger partial charge in [-0.2, -0.15) is 0 Å². The Kier molecular flexibility index (Phi) is 7.50.